The van der Waals surface area contributed by atoms with Crippen LogP contribution >= 0.6 is 0 Å². The summed E-state index contributed by atoms with van der Waals surface area (Å²) in [5, 5.41) is 13.4. The fourth-order valence-corrected chi connectivity index (χ4v) is 3.54. The van der Waals surface area contributed by atoms with Crippen LogP contribution < -0.4 is 5.32 Å². The van der Waals surface area contributed by atoms with E-state index in [1.165, 1.54) is 0 Å². The van der Waals surface area contributed by atoms with Crippen LogP contribution in [0.15, 0.2) is 30.5 Å². The molecular formula is C20H25N3O4. The Kier molecular flexibility index (Phi) is 5.91. The van der Waals surface area contributed by atoms with Crippen molar-refractivity contribution >= 4 is 28.5 Å². The number of ether oxygens (including phenoxy) is 1. The molecule has 0 spiro atoms. The second-order valence-electron chi connectivity index (χ2n) is 6.71. The summed E-state index contributed by atoms with van der Waals surface area (Å²) in [5.41, 5.74) is 1.98. The van der Waals surface area contributed by atoms with E-state index in [0.29, 0.717) is 18.7 Å². The number of aromatic nitrogens is 1. The number of nitrogens with one attached hydrogen (secondary N) is 1. The smallest absolute Gasteiger partial charge is 0.341 e. The highest BCUT2D eigenvalue weighted by molar-refractivity contribution is 6.05. The van der Waals surface area contributed by atoms with Gasteiger partial charge >= 0.3 is 11.9 Å². The Labute approximate surface area is 158 Å². The van der Waals surface area contributed by atoms with Crippen molar-refractivity contribution in [3.05, 3.63) is 36.0 Å². The highest BCUT2D eigenvalue weighted by atomic mass is 16.5. The van der Waals surface area contributed by atoms with Crippen LogP contribution in [0.1, 0.15) is 37.0 Å². The number of hydrogen-bond donors (Lipinski definition) is 2. The normalized spacial score (nSPS) is 18.9. The Bertz CT molecular complexity index is 833. The fourth-order valence-electron chi connectivity index (χ4n) is 3.54. The molecular weight excluding hydrogens is 346 g/mol. The SMILES string of the molecule is CCOC(=O)c1cnc2ccccc2c1NC1CC(N(CC)CC(=O)O)C1. The summed E-state index contributed by atoms with van der Waals surface area (Å²) in [7, 11) is 0. The number of benzene rings is 1. The number of carboxylic acids is 1. The van der Waals surface area contributed by atoms with Crippen LogP contribution in [0.4, 0.5) is 5.69 Å². The van der Waals surface area contributed by atoms with Gasteiger partial charge in [0.25, 0.3) is 0 Å². The van der Waals surface area contributed by atoms with Crippen LogP contribution in [-0.2, 0) is 9.53 Å². The first-order chi connectivity index (χ1) is 13.0. The average molecular weight is 371 g/mol. The van der Waals surface area contributed by atoms with Gasteiger partial charge < -0.3 is 15.2 Å². The van der Waals surface area contributed by atoms with Crippen LogP contribution in [0.25, 0.3) is 10.9 Å². The van der Waals surface area contributed by atoms with E-state index >= 15 is 0 Å². The van der Waals surface area contributed by atoms with Gasteiger partial charge in [0, 0.05) is 23.7 Å². The molecule has 2 N–H and O–H groups in total. The molecule has 3 rings (SSSR count). The number of aliphatic carboxylic acids is 1. The number of carbonyl (C=O) groups excluding carboxylic acids is 1. The molecule has 0 bridgehead atoms. The number of likely N-dealkylation sites (N-methyl/N-ethyl adjacent to an activating group) is 1. The van der Waals surface area contributed by atoms with E-state index in [1.807, 2.05) is 36.1 Å². The summed E-state index contributed by atoms with van der Waals surface area (Å²) in [6, 6.07) is 8.09. The van der Waals surface area contributed by atoms with Crippen LogP contribution in [0, 0.1) is 0 Å². The molecule has 2 aromatic rings. The maximum atomic E-state index is 12.4. The molecule has 7 heteroatoms. The number of hydrogen-bond acceptors (Lipinski definition) is 6. The van der Waals surface area contributed by atoms with Crippen LogP contribution in [0.3, 0.4) is 0 Å². The Morgan fingerprint density at radius 3 is 2.70 bits per heavy atom. The van der Waals surface area contributed by atoms with Gasteiger partial charge in [-0.2, -0.15) is 0 Å². The van der Waals surface area contributed by atoms with Gasteiger partial charge in [-0.15, -0.1) is 0 Å². The standard InChI is InChI=1S/C20H25N3O4/c1-3-23(12-18(24)25)14-9-13(10-14)22-19-15-7-5-6-8-17(15)21-11-16(19)20(26)27-4-2/h5-8,11,13-14H,3-4,9-10,12H2,1-2H3,(H,21,22)(H,24,25). The monoisotopic (exact) mass is 371 g/mol. The minimum absolute atomic E-state index is 0.0557. The third kappa shape index (κ3) is 4.19. The number of esters is 1. The minimum atomic E-state index is -0.807. The van der Waals surface area contributed by atoms with Gasteiger partial charge in [-0.3, -0.25) is 14.7 Å². The maximum Gasteiger partial charge on any atom is 0.341 e. The molecule has 7 nitrogen and oxygen atoms in total. The molecule has 0 saturated heterocycles. The predicted octanol–water partition coefficient (Wildman–Crippen LogP) is 2.76. The third-order valence-corrected chi connectivity index (χ3v) is 4.99. The molecule has 0 unspecified atom stereocenters. The average Bonchev–Trinajstić information content (AvgIpc) is 2.62. The van der Waals surface area contributed by atoms with E-state index in [2.05, 4.69) is 10.3 Å². The lowest BCUT2D eigenvalue weighted by Gasteiger charge is -2.43. The first-order valence-electron chi connectivity index (χ1n) is 9.30. The molecule has 27 heavy (non-hydrogen) atoms. The van der Waals surface area contributed by atoms with Crippen molar-refractivity contribution in [3.8, 4) is 0 Å². The van der Waals surface area contributed by atoms with Crippen molar-refractivity contribution in [1.29, 1.82) is 0 Å². The Morgan fingerprint density at radius 2 is 2.04 bits per heavy atom. The number of para-hydroxylation sites is 1. The van der Waals surface area contributed by atoms with Crippen molar-refractivity contribution in [2.45, 2.75) is 38.8 Å². The largest absolute Gasteiger partial charge is 0.480 e. The first kappa shape index (κ1) is 19.1. The number of anilines is 1. The van der Waals surface area contributed by atoms with Crippen molar-refractivity contribution in [3.63, 3.8) is 0 Å². The second-order valence-corrected chi connectivity index (χ2v) is 6.71. The second kappa shape index (κ2) is 8.35. The molecule has 1 fully saturated rings. The summed E-state index contributed by atoms with van der Waals surface area (Å²) in [6.45, 7) is 4.81. The lowest BCUT2D eigenvalue weighted by atomic mass is 9.85. The number of carboxylic acid groups (broad SMARTS) is 1. The molecule has 144 valence electrons. The van der Waals surface area contributed by atoms with Gasteiger partial charge in [0.1, 0.15) is 5.56 Å². The van der Waals surface area contributed by atoms with Gasteiger partial charge in [0.05, 0.1) is 24.4 Å². The number of pyridine rings is 1. The molecule has 1 aromatic heterocycles. The zero-order chi connectivity index (χ0) is 19.4. The highest BCUT2D eigenvalue weighted by Gasteiger charge is 2.34. The zero-order valence-corrected chi connectivity index (χ0v) is 15.6. The summed E-state index contributed by atoms with van der Waals surface area (Å²) < 4.78 is 5.18. The Morgan fingerprint density at radius 1 is 1.30 bits per heavy atom. The summed E-state index contributed by atoms with van der Waals surface area (Å²) >= 11 is 0. The molecule has 0 radical (unpaired) electrons. The first-order valence-corrected chi connectivity index (χ1v) is 9.30. The van der Waals surface area contributed by atoms with Gasteiger partial charge in [0.15, 0.2) is 0 Å². The van der Waals surface area contributed by atoms with E-state index in [4.69, 9.17) is 9.84 Å². The molecule has 1 saturated carbocycles. The number of nitrogens with zero attached hydrogens (tertiary/aromatic N) is 2. The quantitative estimate of drug-likeness (QED) is 0.689. The number of carbonyl (C=O) groups is 2. The van der Waals surface area contributed by atoms with Crippen LogP contribution in [-0.4, -0.2) is 58.7 Å². The Hall–Kier alpha value is -2.67. The Balaban J connectivity index is 1.79. The van der Waals surface area contributed by atoms with Gasteiger partial charge in [-0.05, 0) is 32.4 Å². The highest BCUT2D eigenvalue weighted by Crippen LogP contribution is 2.33. The molecule has 1 aliphatic carbocycles. The molecule has 0 amide bonds. The molecule has 0 aliphatic heterocycles. The van der Waals surface area contributed by atoms with Crippen molar-refractivity contribution < 1.29 is 19.4 Å². The van der Waals surface area contributed by atoms with Crippen LogP contribution in [0.5, 0.6) is 0 Å². The molecule has 1 aliphatic rings. The van der Waals surface area contributed by atoms with Crippen molar-refractivity contribution in [2.24, 2.45) is 0 Å². The van der Waals surface area contributed by atoms with Crippen molar-refractivity contribution in [1.82, 2.24) is 9.88 Å². The lowest BCUT2D eigenvalue weighted by Crippen LogP contribution is -2.51. The predicted molar refractivity (Wildman–Crippen MR) is 103 cm³/mol. The van der Waals surface area contributed by atoms with E-state index in [0.717, 1.165) is 29.4 Å². The van der Waals surface area contributed by atoms with Gasteiger partial charge in [-0.1, -0.05) is 25.1 Å². The maximum absolute atomic E-state index is 12.4. The number of fused-ring (bicyclic) bond motifs is 1. The molecule has 0 atom stereocenters. The van der Waals surface area contributed by atoms with Gasteiger partial charge in [0.2, 0.25) is 0 Å². The van der Waals surface area contributed by atoms with Crippen molar-refractivity contribution in [2.75, 3.05) is 25.0 Å². The lowest BCUT2D eigenvalue weighted by molar-refractivity contribution is -0.139. The zero-order valence-electron chi connectivity index (χ0n) is 15.6. The third-order valence-electron chi connectivity index (χ3n) is 4.99. The molecule has 1 aromatic carbocycles. The van der Waals surface area contributed by atoms with Gasteiger partial charge in [-0.25, -0.2) is 4.79 Å². The number of rotatable bonds is 8. The van der Waals surface area contributed by atoms with E-state index in [-0.39, 0.29) is 18.6 Å². The summed E-state index contributed by atoms with van der Waals surface area (Å²) in [6.07, 6.45) is 3.22. The summed E-state index contributed by atoms with van der Waals surface area (Å²) in [4.78, 5) is 29.7. The van der Waals surface area contributed by atoms with E-state index < -0.39 is 11.9 Å². The minimum Gasteiger partial charge on any atom is -0.480 e. The molecule has 1 heterocycles. The van der Waals surface area contributed by atoms with Crippen LogP contribution in [0.2, 0.25) is 0 Å². The summed E-state index contributed by atoms with van der Waals surface area (Å²) in [5.74, 6) is -1.20. The fraction of sp³-hybridized carbons (Fsp3) is 0.450. The van der Waals surface area contributed by atoms with E-state index in [9.17, 15) is 9.59 Å². The topological polar surface area (TPSA) is 91.8 Å². The van der Waals surface area contributed by atoms with E-state index in [1.54, 1.807) is 13.1 Å².